The first-order valence-electron chi connectivity index (χ1n) is 20.8. The predicted octanol–water partition coefficient (Wildman–Crippen LogP) is 13.1. The van der Waals surface area contributed by atoms with Crippen LogP contribution in [0.15, 0.2) is 131 Å². The number of carbonyl (C=O) groups excluding carboxylic acids is 2. The Bertz CT molecular complexity index is 1880. The molecule has 0 spiro atoms. The molecule has 0 saturated carbocycles. The Balaban J connectivity index is 1.04. The summed E-state index contributed by atoms with van der Waals surface area (Å²) in [6.45, 7) is 5.81. The highest BCUT2D eigenvalue weighted by atomic mass is 16.5. The van der Waals surface area contributed by atoms with Gasteiger partial charge in [-0.1, -0.05) is 96.3 Å². The van der Waals surface area contributed by atoms with Crippen LogP contribution in [0.2, 0.25) is 0 Å². The molecule has 5 aromatic carbocycles. The van der Waals surface area contributed by atoms with Crippen LogP contribution in [0.25, 0.3) is 0 Å². The minimum Gasteiger partial charge on any atom is -0.494 e. The number of hydrogen-bond acceptors (Lipinski definition) is 8. The summed E-state index contributed by atoms with van der Waals surface area (Å²) in [6.07, 6.45) is 18.1. The molecule has 302 valence electrons. The lowest BCUT2D eigenvalue weighted by Crippen LogP contribution is -2.08. The lowest BCUT2D eigenvalue weighted by molar-refractivity contribution is 0.0725. The molecule has 8 heteroatoms. The molecule has 58 heavy (non-hydrogen) atoms. The van der Waals surface area contributed by atoms with Gasteiger partial charge in [-0.25, -0.2) is 9.59 Å². The van der Waals surface area contributed by atoms with Crippen LogP contribution in [0, 0.1) is 0 Å². The minimum atomic E-state index is -0.441. The fourth-order valence-corrected chi connectivity index (χ4v) is 6.07. The van der Waals surface area contributed by atoms with Crippen molar-refractivity contribution in [3.63, 3.8) is 0 Å². The Labute approximate surface area is 344 Å². The van der Waals surface area contributed by atoms with Gasteiger partial charge in [0.1, 0.15) is 23.0 Å². The summed E-state index contributed by atoms with van der Waals surface area (Å²) >= 11 is 0. The van der Waals surface area contributed by atoms with Gasteiger partial charge in [-0.15, -0.1) is 0 Å². The van der Waals surface area contributed by atoms with E-state index in [4.69, 9.17) is 18.9 Å². The van der Waals surface area contributed by atoms with Crippen molar-refractivity contribution in [2.24, 2.45) is 9.98 Å². The minimum absolute atomic E-state index is 0.430. The molecule has 0 heterocycles. The summed E-state index contributed by atoms with van der Waals surface area (Å²) in [7, 11) is 0. The van der Waals surface area contributed by atoms with Crippen LogP contribution < -0.4 is 18.9 Å². The third-order valence-corrected chi connectivity index (χ3v) is 9.44. The van der Waals surface area contributed by atoms with E-state index in [-0.39, 0.29) is 0 Å². The van der Waals surface area contributed by atoms with Gasteiger partial charge in [-0.05, 0) is 127 Å². The van der Waals surface area contributed by atoms with Crippen molar-refractivity contribution in [1.29, 1.82) is 0 Å². The number of nitrogens with zero attached hydrogens (tertiary/aromatic N) is 2. The number of aliphatic imine (C=N–C) groups is 2. The standard InChI is InChI=1S/C50H56N2O6/c1-3-5-7-9-11-13-34-55-45-26-30-47(31-27-45)57-49(53)41-18-22-43(23-19-41)51-37-39-16-15-17-40(36-39)38-52-44-24-20-42(21-25-44)50(54)58-48-32-28-46(29-33-48)56-35-14-12-10-8-6-4-2/h15-33,36-38H,3-14,34-35H2,1-2H3. The normalized spacial score (nSPS) is 11.2. The molecule has 0 fully saturated rings. The molecular formula is C50H56N2O6. The van der Waals surface area contributed by atoms with E-state index in [9.17, 15) is 9.59 Å². The van der Waals surface area contributed by atoms with Crippen molar-refractivity contribution in [1.82, 2.24) is 0 Å². The van der Waals surface area contributed by atoms with Crippen molar-refractivity contribution in [2.45, 2.75) is 90.9 Å². The average Bonchev–Trinajstić information content (AvgIpc) is 3.26. The van der Waals surface area contributed by atoms with E-state index in [0.29, 0.717) is 47.2 Å². The molecule has 0 aliphatic carbocycles. The Kier molecular flexibility index (Phi) is 18.3. The van der Waals surface area contributed by atoms with Gasteiger partial charge in [0, 0.05) is 12.4 Å². The van der Waals surface area contributed by atoms with E-state index < -0.39 is 11.9 Å². The largest absolute Gasteiger partial charge is 0.494 e. The summed E-state index contributed by atoms with van der Waals surface area (Å²) in [5.41, 5.74) is 4.04. The number of ether oxygens (including phenoxy) is 4. The third kappa shape index (κ3) is 15.5. The highest BCUT2D eigenvalue weighted by Crippen LogP contribution is 2.22. The number of unbranched alkanes of at least 4 members (excludes halogenated alkanes) is 10. The van der Waals surface area contributed by atoms with Crippen LogP contribution in [0.5, 0.6) is 23.0 Å². The van der Waals surface area contributed by atoms with Crippen molar-refractivity contribution >= 4 is 35.7 Å². The first-order valence-corrected chi connectivity index (χ1v) is 20.8. The molecule has 8 nitrogen and oxygen atoms in total. The zero-order chi connectivity index (χ0) is 40.6. The Hall–Kier alpha value is -6.02. The molecular weight excluding hydrogens is 725 g/mol. The highest BCUT2D eigenvalue weighted by molar-refractivity contribution is 5.93. The van der Waals surface area contributed by atoms with Gasteiger partial charge in [0.15, 0.2) is 0 Å². The fourth-order valence-electron chi connectivity index (χ4n) is 6.07. The predicted molar refractivity (Wildman–Crippen MR) is 234 cm³/mol. The number of hydrogen-bond donors (Lipinski definition) is 0. The monoisotopic (exact) mass is 780 g/mol. The van der Waals surface area contributed by atoms with Crippen LogP contribution in [-0.2, 0) is 0 Å². The zero-order valence-corrected chi connectivity index (χ0v) is 33.9. The molecule has 0 aliphatic heterocycles. The lowest BCUT2D eigenvalue weighted by atomic mass is 10.1. The van der Waals surface area contributed by atoms with Crippen LogP contribution in [-0.4, -0.2) is 37.6 Å². The van der Waals surface area contributed by atoms with Crippen molar-refractivity contribution in [2.75, 3.05) is 13.2 Å². The summed E-state index contributed by atoms with van der Waals surface area (Å²) in [6, 6.07) is 36.0. The maximum absolute atomic E-state index is 12.8. The van der Waals surface area contributed by atoms with Crippen LogP contribution in [0.3, 0.4) is 0 Å². The summed E-state index contributed by atoms with van der Waals surface area (Å²) in [4.78, 5) is 34.7. The molecule has 5 rings (SSSR count). The van der Waals surface area contributed by atoms with Gasteiger partial charge in [0.05, 0.1) is 35.7 Å². The van der Waals surface area contributed by atoms with E-state index in [1.54, 1.807) is 85.2 Å². The van der Waals surface area contributed by atoms with E-state index in [1.165, 1.54) is 64.2 Å². The molecule has 0 atom stereocenters. The molecule has 0 radical (unpaired) electrons. The smallest absolute Gasteiger partial charge is 0.343 e. The van der Waals surface area contributed by atoms with Gasteiger partial charge >= 0.3 is 11.9 Å². The molecule has 0 saturated heterocycles. The summed E-state index contributed by atoms with van der Waals surface area (Å²) in [5, 5.41) is 0. The number of benzene rings is 5. The highest BCUT2D eigenvalue weighted by Gasteiger charge is 2.10. The Morgan fingerprint density at radius 3 is 1.21 bits per heavy atom. The third-order valence-electron chi connectivity index (χ3n) is 9.44. The van der Waals surface area contributed by atoms with Gasteiger partial charge in [-0.3, -0.25) is 9.98 Å². The first-order chi connectivity index (χ1) is 28.5. The van der Waals surface area contributed by atoms with Gasteiger partial charge < -0.3 is 18.9 Å². The quantitative estimate of drug-likeness (QED) is 0.0268. The second kappa shape index (κ2) is 24.6. The molecule has 5 aromatic rings. The molecule has 0 amide bonds. The summed E-state index contributed by atoms with van der Waals surface area (Å²) < 4.78 is 22.8. The van der Waals surface area contributed by atoms with E-state index in [1.807, 2.05) is 48.5 Å². The van der Waals surface area contributed by atoms with E-state index in [2.05, 4.69) is 23.8 Å². The zero-order valence-electron chi connectivity index (χ0n) is 33.9. The van der Waals surface area contributed by atoms with Crippen LogP contribution >= 0.6 is 0 Å². The van der Waals surface area contributed by atoms with Gasteiger partial charge in [-0.2, -0.15) is 0 Å². The lowest BCUT2D eigenvalue weighted by Gasteiger charge is -2.08. The SMILES string of the molecule is CCCCCCCCOc1ccc(OC(=O)c2ccc(N=Cc3cccc(C=Nc4ccc(C(=O)Oc5ccc(OCCCCCCCC)cc5)cc4)c3)cc2)cc1. The summed E-state index contributed by atoms with van der Waals surface area (Å²) in [5.74, 6) is 1.57. The maximum atomic E-state index is 12.8. The van der Waals surface area contributed by atoms with Crippen LogP contribution in [0.4, 0.5) is 11.4 Å². The van der Waals surface area contributed by atoms with Crippen molar-refractivity contribution in [3.05, 3.63) is 144 Å². The molecule has 0 unspecified atom stereocenters. The fraction of sp³-hybridized carbons (Fsp3) is 0.320. The van der Waals surface area contributed by atoms with Crippen molar-refractivity contribution < 1.29 is 28.5 Å². The van der Waals surface area contributed by atoms with Gasteiger partial charge in [0.25, 0.3) is 0 Å². The topological polar surface area (TPSA) is 95.8 Å². The Morgan fingerprint density at radius 2 is 0.810 bits per heavy atom. The van der Waals surface area contributed by atoms with E-state index >= 15 is 0 Å². The average molecular weight is 781 g/mol. The molecule has 0 bridgehead atoms. The van der Waals surface area contributed by atoms with Crippen molar-refractivity contribution in [3.8, 4) is 23.0 Å². The molecule has 0 aliphatic rings. The first kappa shape index (κ1) is 43.1. The van der Waals surface area contributed by atoms with Gasteiger partial charge in [0.2, 0.25) is 0 Å². The van der Waals surface area contributed by atoms with Crippen LogP contribution in [0.1, 0.15) is 123 Å². The molecule has 0 N–H and O–H groups in total. The second-order valence-corrected chi connectivity index (χ2v) is 14.2. The Morgan fingerprint density at radius 1 is 0.448 bits per heavy atom. The van der Waals surface area contributed by atoms with E-state index in [0.717, 1.165) is 35.5 Å². The molecule has 0 aromatic heterocycles. The number of esters is 2. The number of rotatable bonds is 24. The maximum Gasteiger partial charge on any atom is 0.343 e. The second-order valence-electron chi connectivity index (χ2n) is 14.2. The number of carbonyl (C=O) groups is 2.